The van der Waals surface area contributed by atoms with Crippen molar-refractivity contribution in [1.29, 1.82) is 0 Å². The first kappa shape index (κ1) is 13.6. The van der Waals surface area contributed by atoms with Crippen molar-refractivity contribution in [3.63, 3.8) is 0 Å². The van der Waals surface area contributed by atoms with E-state index in [9.17, 15) is 9.90 Å². The number of nitrogens with one attached hydrogen (secondary N) is 1. The number of carbonyl (C=O) groups is 1. The molecule has 0 unspecified atom stereocenters. The summed E-state index contributed by atoms with van der Waals surface area (Å²) >= 11 is 1.84. The van der Waals surface area contributed by atoms with Crippen LogP contribution in [0, 0.1) is 0 Å². The molecule has 94 valence electrons. The maximum Gasteiger partial charge on any atom is 0.407 e. The highest BCUT2D eigenvalue weighted by Gasteiger charge is 2.30. The van der Waals surface area contributed by atoms with Gasteiger partial charge in [0.25, 0.3) is 0 Å². The van der Waals surface area contributed by atoms with Gasteiger partial charge in [0.05, 0.1) is 5.60 Å². The van der Waals surface area contributed by atoms with Crippen molar-refractivity contribution in [1.82, 2.24) is 5.32 Å². The van der Waals surface area contributed by atoms with Gasteiger partial charge >= 0.3 is 6.09 Å². The van der Waals surface area contributed by atoms with Gasteiger partial charge in [0, 0.05) is 6.54 Å². The van der Waals surface area contributed by atoms with Crippen molar-refractivity contribution < 1.29 is 14.6 Å². The normalized spacial score (nSPS) is 20.2. The summed E-state index contributed by atoms with van der Waals surface area (Å²) in [5, 5.41) is 12.8. The molecule has 0 saturated carbocycles. The predicted molar refractivity (Wildman–Crippen MR) is 65.7 cm³/mol. The second-order valence-electron chi connectivity index (χ2n) is 5.19. The molecule has 1 rings (SSSR count). The number of ether oxygens (including phenoxy) is 1. The lowest BCUT2D eigenvalue weighted by molar-refractivity contribution is 0.0189. The Labute approximate surface area is 101 Å². The number of aliphatic hydroxyl groups is 1. The molecule has 0 atom stereocenters. The summed E-state index contributed by atoms with van der Waals surface area (Å²) in [5.74, 6) is 1.90. The zero-order valence-corrected chi connectivity index (χ0v) is 11.0. The molecule has 0 aromatic carbocycles. The fourth-order valence-corrected chi connectivity index (χ4v) is 2.73. The zero-order valence-electron chi connectivity index (χ0n) is 10.2. The second-order valence-corrected chi connectivity index (χ2v) is 6.42. The van der Waals surface area contributed by atoms with Crippen LogP contribution >= 0.6 is 11.8 Å². The third-order valence-electron chi connectivity index (χ3n) is 2.38. The number of carbonyl (C=O) groups excluding carboxylic acids is 1. The summed E-state index contributed by atoms with van der Waals surface area (Å²) in [6, 6.07) is 0. The van der Waals surface area contributed by atoms with Gasteiger partial charge in [-0.25, -0.2) is 4.79 Å². The van der Waals surface area contributed by atoms with Crippen molar-refractivity contribution in [3.05, 3.63) is 0 Å². The highest BCUT2D eigenvalue weighted by molar-refractivity contribution is 7.99. The van der Waals surface area contributed by atoms with Gasteiger partial charge in [-0.15, -0.1) is 0 Å². The van der Waals surface area contributed by atoms with E-state index < -0.39 is 17.3 Å². The Morgan fingerprint density at radius 2 is 2.00 bits per heavy atom. The van der Waals surface area contributed by atoms with Crippen LogP contribution in [0.2, 0.25) is 0 Å². The molecule has 4 nitrogen and oxygen atoms in total. The third kappa shape index (κ3) is 5.07. The van der Waals surface area contributed by atoms with Crippen molar-refractivity contribution >= 4 is 17.9 Å². The van der Waals surface area contributed by atoms with E-state index in [1.165, 1.54) is 0 Å². The van der Waals surface area contributed by atoms with Crippen molar-refractivity contribution in [2.45, 2.75) is 44.8 Å². The summed E-state index contributed by atoms with van der Waals surface area (Å²) in [7, 11) is 0. The van der Waals surface area contributed by atoms with Crippen LogP contribution in [0.5, 0.6) is 0 Å². The van der Waals surface area contributed by atoms with E-state index in [-0.39, 0.29) is 6.54 Å². The van der Waals surface area contributed by atoms with Crippen molar-refractivity contribution in [3.8, 4) is 0 Å². The largest absolute Gasteiger partial charge is 0.444 e. The molecule has 1 saturated heterocycles. The molecule has 16 heavy (non-hydrogen) atoms. The summed E-state index contributed by atoms with van der Waals surface area (Å²) in [6.45, 7) is 5.73. The van der Waals surface area contributed by atoms with E-state index in [1.807, 2.05) is 32.5 Å². The van der Waals surface area contributed by atoms with Gasteiger partial charge in [-0.2, -0.15) is 11.8 Å². The Hall–Kier alpha value is -0.420. The van der Waals surface area contributed by atoms with Crippen LogP contribution in [-0.4, -0.2) is 40.5 Å². The van der Waals surface area contributed by atoms with E-state index in [0.29, 0.717) is 0 Å². The average molecular weight is 247 g/mol. The van der Waals surface area contributed by atoms with Gasteiger partial charge in [-0.05, 0) is 45.1 Å². The lowest BCUT2D eigenvalue weighted by Gasteiger charge is -2.32. The summed E-state index contributed by atoms with van der Waals surface area (Å²) in [5.41, 5.74) is -1.24. The minimum absolute atomic E-state index is 0.280. The Kier molecular flexibility index (Phi) is 4.50. The first-order valence-corrected chi connectivity index (χ1v) is 6.73. The van der Waals surface area contributed by atoms with Crippen molar-refractivity contribution in [2.24, 2.45) is 0 Å². The molecule has 5 heteroatoms. The van der Waals surface area contributed by atoms with E-state index in [1.54, 1.807) is 0 Å². The number of hydrogen-bond acceptors (Lipinski definition) is 4. The van der Waals surface area contributed by atoms with Crippen LogP contribution in [0.15, 0.2) is 0 Å². The summed E-state index contributed by atoms with van der Waals surface area (Å²) in [4.78, 5) is 11.4. The number of amides is 1. The molecule has 2 N–H and O–H groups in total. The van der Waals surface area contributed by atoms with Gasteiger partial charge in [0.1, 0.15) is 5.60 Å². The van der Waals surface area contributed by atoms with E-state index in [0.717, 1.165) is 24.3 Å². The molecule has 1 amide bonds. The molecule has 0 radical (unpaired) electrons. The maximum atomic E-state index is 11.4. The summed E-state index contributed by atoms with van der Waals surface area (Å²) < 4.78 is 5.11. The molecule has 0 aromatic rings. The van der Waals surface area contributed by atoms with Crippen LogP contribution in [-0.2, 0) is 4.74 Å². The Bertz CT molecular complexity index is 244. The molecule has 0 aromatic heterocycles. The Morgan fingerprint density at radius 3 is 2.50 bits per heavy atom. The minimum atomic E-state index is -0.748. The second kappa shape index (κ2) is 5.27. The molecule has 1 aliphatic heterocycles. The monoisotopic (exact) mass is 247 g/mol. The topological polar surface area (TPSA) is 58.6 Å². The van der Waals surface area contributed by atoms with Gasteiger partial charge in [0.15, 0.2) is 0 Å². The molecule has 0 spiro atoms. The van der Waals surface area contributed by atoms with Crippen LogP contribution in [0.4, 0.5) is 4.79 Å². The highest BCUT2D eigenvalue weighted by atomic mass is 32.2. The lowest BCUT2D eigenvalue weighted by atomic mass is 9.97. The highest BCUT2D eigenvalue weighted by Crippen LogP contribution is 2.26. The average Bonchev–Trinajstić information content (AvgIpc) is 2.14. The number of thioether (sulfide) groups is 1. The van der Waals surface area contributed by atoms with E-state index in [2.05, 4.69) is 5.32 Å². The van der Waals surface area contributed by atoms with Gasteiger partial charge in [0.2, 0.25) is 0 Å². The molecular formula is C11H21NO3S. The SMILES string of the molecule is CC(C)(C)OC(=O)NCC1(O)CCSCC1. The van der Waals surface area contributed by atoms with E-state index in [4.69, 9.17) is 4.74 Å². The fraction of sp³-hybridized carbons (Fsp3) is 0.909. The third-order valence-corrected chi connectivity index (χ3v) is 3.37. The van der Waals surface area contributed by atoms with E-state index >= 15 is 0 Å². The zero-order chi connectivity index (χ0) is 12.2. The molecule has 1 heterocycles. The Morgan fingerprint density at radius 1 is 1.44 bits per heavy atom. The molecule has 0 aliphatic carbocycles. The molecule has 1 aliphatic rings. The smallest absolute Gasteiger partial charge is 0.407 e. The molecule has 0 bridgehead atoms. The first-order valence-electron chi connectivity index (χ1n) is 5.58. The maximum absolute atomic E-state index is 11.4. The minimum Gasteiger partial charge on any atom is -0.444 e. The number of rotatable bonds is 2. The van der Waals surface area contributed by atoms with Crippen LogP contribution < -0.4 is 5.32 Å². The standard InChI is InChI=1S/C11H21NO3S/c1-10(2,3)15-9(13)12-8-11(14)4-6-16-7-5-11/h14H,4-8H2,1-3H3,(H,12,13). The fourth-order valence-electron chi connectivity index (χ4n) is 1.48. The quantitative estimate of drug-likeness (QED) is 0.781. The Balaban J connectivity index is 2.30. The number of alkyl carbamates (subject to hydrolysis) is 1. The first-order chi connectivity index (χ1) is 7.31. The van der Waals surface area contributed by atoms with Crippen LogP contribution in [0.25, 0.3) is 0 Å². The van der Waals surface area contributed by atoms with Gasteiger partial charge < -0.3 is 15.2 Å². The number of hydrogen-bond donors (Lipinski definition) is 2. The predicted octanol–water partition coefficient (Wildman–Crippen LogP) is 1.77. The van der Waals surface area contributed by atoms with Crippen LogP contribution in [0.1, 0.15) is 33.6 Å². The molecular weight excluding hydrogens is 226 g/mol. The van der Waals surface area contributed by atoms with Crippen molar-refractivity contribution in [2.75, 3.05) is 18.1 Å². The molecule has 1 fully saturated rings. The summed E-state index contributed by atoms with van der Waals surface area (Å²) in [6.07, 6.45) is 1.00. The van der Waals surface area contributed by atoms with Gasteiger partial charge in [-0.1, -0.05) is 0 Å². The van der Waals surface area contributed by atoms with Gasteiger partial charge in [-0.3, -0.25) is 0 Å². The lowest BCUT2D eigenvalue weighted by Crippen LogP contribution is -2.46. The van der Waals surface area contributed by atoms with Crippen LogP contribution in [0.3, 0.4) is 0 Å².